The molecule has 3 aromatic rings. The Bertz CT molecular complexity index is 1030. The summed E-state index contributed by atoms with van der Waals surface area (Å²) in [6.07, 6.45) is 5.68. The van der Waals surface area contributed by atoms with Crippen LogP contribution in [0.3, 0.4) is 0 Å². The number of pyridine rings is 1. The molecule has 1 aliphatic heterocycles. The summed E-state index contributed by atoms with van der Waals surface area (Å²) in [5, 5.41) is 0. The molecule has 0 aliphatic carbocycles. The second-order valence-electron chi connectivity index (χ2n) is 7.68. The second kappa shape index (κ2) is 9.02. The first-order chi connectivity index (χ1) is 14.2. The van der Waals surface area contributed by atoms with Crippen LogP contribution in [0.2, 0.25) is 0 Å². The summed E-state index contributed by atoms with van der Waals surface area (Å²) in [6.45, 7) is 2.06. The van der Waals surface area contributed by atoms with Gasteiger partial charge in [-0.2, -0.15) is 0 Å². The van der Waals surface area contributed by atoms with Crippen molar-refractivity contribution in [2.45, 2.75) is 44.7 Å². The Kier molecular flexibility index (Phi) is 6.22. The van der Waals surface area contributed by atoms with Crippen molar-refractivity contribution < 1.29 is 0 Å². The molecule has 2 atom stereocenters. The van der Waals surface area contributed by atoms with E-state index in [0.29, 0.717) is 0 Å². The molecule has 3 nitrogen and oxygen atoms in total. The largest absolute Gasteiger partial charge is 0.307 e. The smallest absolute Gasteiger partial charge is 0.254 e. The van der Waals surface area contributed by atoms with Gasteiger partial charge in [-0.15, -0.1) is 0 Å². The van der Waals surface area contributed by atoms with E-state index in [1.54, 1.807) is 11.9 Å². The minimum atomic E-state index is 0.122. The van der Waals surface area contributed by atoms with Crippen molar-refractivity contribution in [2.24, 2.45) is 0 Å². The van der Waals surface area contributed by atoms with Crippen molar-refractivity contribution in [1.29, 1.82) is 0 Å². The van der Waals surface area contributed by atoms with Crippen LogP contribution in [-0.2, 0) is 19.3 Å². The lowest BCUT2D eigenvalue weighted by molar-refractivity contribution is 0.320. The van der Waals surface area contributed by atoms with Crippen molar-refractivity contribution in [1.82, 2.24) is 9.29 Å². The van der Waals surface area contributed by atoms with E-state index < -0.39 is 0 Å². The molecule has 0 saturated carbocycles. The van der Waals surface area contributed by atoms with Gasteiger partial charge in [0.2, 0.25) is 0 Å². The fourth-order valence-corrected chi connectivity index (χ4v) is 5.00. The molecule has 1 aromatic heterocycles. The summed E-state index contributed by atoms with van der Waals surface area (Å²) in [4.78, 5) is 13.2. The van der Waals surface area contributed by atoms with Crippen LogP contribution >= 0.6 is 11.9 Å². The van der Waals surface area contributed by atoms with E-state index >= 15 is 0 Å². The number of nitrogens with zero attached hydrogens (tertiary/aromatic N) is 1. The highest BCUT2D eigenvalue weighted by atomic mass is 32.2. The molecule has 1 N–H and O–H groups in total. The molecule has 0 amide bonds. The molecule has 0 saturated heterocycles. The van der Waals surface area contributed by atoms with Gasteiger partial charge in [-0.1, -0.05) is 79.5 Å². The number of fused-ring (bicyclic) bond motifs is 1. The van der Waals surface area contributed by atoms with Gasteiger partial charge >= 0.3 is 0 Å². The number of hydrogen-bond donors (Lipinski definition) is 1. The highest BCUT2D eigenvalue weighted by Crippen LogP contribution is 2.29. The molecular formula is C25H28N2OS. The van der Waals surface area contributed by atoms with Crippen LogP contribution < -0.4 is 10.3 Å². The maximum atomic E-state index is 13.2. The van der Waals surface area contributed by atoms with E-state index in [0.717, 1.165) is 36.9 Å². The minimum Gasteiger partial charge on any atom is -0.307 e. The van der Waals surface area contributed by atoms with E-state index in [-0.39, 0.29) is 17.6 Å². The Morgan fingerprint density at radius 3 is 2.59 bits per heavy atom. The van der Waals surface area contributed by atoms with Crippen molar-refractivity contribution in [3.8, 4) is 11.1 Å². The molecule has 2 aromatic carbocycles. The summed E-state index contributed by atoms with van der Waals surface area (Å²) in [5.74, 6) is 0. The number of nitrogens with one attached hydrogen (secondary N) is 1. The van der Waals surface area contributed by atoms with Gasteiger partial charge in [0.15, 0.2) is 0 Å². The molecule has 29 heavy (non-hydrogen) atoms. The van der Waals surface area contributed by atoms with Gasteiger partial charge in [0.25, 0.3) is 5.56 Å². The topological polar surface area (TPSA) is 34.0 Å². The zero-order valence-corrected chi connectivity index (χ0v) is 17.9. The van der Waals surface area contributed by atoms with Crippen molar-refractivity contribution >= 4 is 11.9 Å². The first kappa shape index (κ1) is 20.0. The van der Waals surface area contributed by atoms with Gasteiger partial charge in [0, 0.05) is 17.3 Å². The molecule has 4 heteroatoms. The van der Waals surface area contributed by atoms with Gasteiger partial charge in [-0.3, -0.25) is 9.52 Å². The molecule has 0 spiro atoms. The lowest BCUT2D eigenvalue weighted by atomic mass is 9.90. The van der Waals surface area contributed by atoms with E-state index in [9.17, 15) is 4.79 Å². The second-order valence-corrected chi connectivity index (χ2v) is 8.33. The zero-order chi connectivity index (χ0) is 20.2. The van der Waals surface area contributed by atoms with Crippen LogP contribution in [0, 0.1) is 0 Å². The van der Waals surface area contributed by atoms with Gasteiger partial charge < -0.3 is 4.57 Å². The van der Waals surface area contributed by atoms with Crippen molar-refractivity contribution in [3.05, 3.63) is 93.9 Å². The van der Waals surface area contributed by atoms with Crippen LogP contribution in [0.1, 0.15) is 36.2 Å². The molecule has 0 fully saturated rings. The summed E-state index contributed by atoms with van der Waals surface area (Å²) in [6, 6.07) is 23.8. The van der Waals surface area contributed by atoms with Gasteiger partial charge in [0.05, 0.1) is 6.04 Å². The molecule has 1 aliphatic rings. The van der Waals surface area contributed by atoms with Gasteiger partial charge in [-0.05, 0) is 54.7 Å². The third-order valence-electron chi connectivity index (χ3n) is 5.92. The van der Waals surface area contributed by atoms with Crippen LogP contribution in [0.25, 0.3) is 11.1 Å². The van der Waals surface area contributed by atoms with E-state index in [1.807, 2.05) is 12.1 Å². The van der Waals surface area contributed by atoms with E-state index in [1.165, 1.54) is 16.7 Å². The SMILES string of the molecule is CCc1ccc2n(c1=O)C(Cc1cccc(-c3ccccc3)c1)C(NSC)CC2. The maximum absolute atomic E-state index is 13.2. The average Bonchev–Trinajstić information content (AvgIpc) is 2.76. The van der Waals surface area contributed by atoms with E-state index in [4.69, 9.17) is 0 Å². The highest BCUT2D eigenvalue weighted by molar-refractivity contribution is 7.96. The van der Waals surface area contributed by atoms with Crippen molar-refractivity contribution in [3.63, 3.8) is 0 Å². The Morgan fingerprint density at radius 2 is 1.83 bits per heavy atom. The van der Waals surface area contributed by atoms with Crippen molar-refractivity contribution in [2.75, 3.05) is 6.26 Å². The quantitative estimate of drug-likeness (QED) is 0.584. The number of hydrogen-bond acceptors (Lipinski definition) is 3. The Morgan fingerprint density at radius 1 is 1.03 bits per heavy atom. The predicted octanol–water partition coefficient (Wildman–Crippen LogP) is 5.04. The maximum Gasteiger partial charge on any atom is 0.254 e. The van der Waals surface area contributed by atoms with Gasteiger partial charge in [0.1, 0.15) is 0 Å². The molecule has 0 radical (unpaired) electrons. The lowest BCUT2D eigenvalue weighted by Crippen LogP contribution is -2.45. The number of aryl methyl sites for hydroxylation is 2. The molecular weight excluding hydrogens is 376 g/mol. The monoisotopic (exact) mass is 404 g/mol. The fraction of sp³-hybridized carbons (Fsp3) is 0.320. The van der Waals surface area contributed by atoms with E-state index in [2.05, 4.69) is 77.1 Å². The molecule has 2 heterocycles. The third kappa shape index (κ3) is 4.19. The predicted molar refractivity (Wildman–Crippen MR) is 123 cm³/mol. The zero-order valence-electron chi connectivity index (χ0n) is 17.1. The molecule has 2 unspecified atom stereocenters. The first-order valence-corrected chi connectivity index (χ1v) is 11.6. The number of aromatic nitrogens is 1. The minimum absolute atomic E-state index is 0.122. The van der Waals surface area contributed by atoms with Crippen LogP contribution in [0.15, 0.2) is 71.5 Å². The summed E-state index contributed by atoms with van der Waals surface area (Å²) in [5.41, 5.74) is 5.97. The standard InChI is InChI=1S/C25H28N2OS/c1-3-19-12-13-22-14-15-23(26-29-2)24(27(22)25(19)28)17-18-8-7-11-21(16-18)20-9-5-4-6-10-20/h4-13,16,23-24,26H,3,14-15,17H2,1-2H3. The Hall–Kier alpha value is -2.30. The fourth-order valence-electron chi connectivity index (χ4n) is 4.42. The number of benzene rings is 2. The normalized spacial score (nSPS) is 18.4. The van der Waals surface area contributed by atoms with Crippen LogP contribution in [0.5, 0.6) is 0 Å². The highest BCUT2D eigenvalue weighted by Gasteiger charge is 2.30. The average molecular weight is 405 g/mol. The lowest BCUT2D eigenvalue weighted by Gasteiger charge is -2.36. The van der Waals surface area contributed by atoms with Crippen LogP contribution in [-0.4, -0.2) is 16.9 Å². The number of rotatable bonds is 6. The Balaban J connectivity index is 1.72. The Labute approximate surface area is 177 Å². The summed E-state index contributed by atoms with van der Waals surface area (Å²) < 4.78 is 5.64. The first-order valence-electron chi connectivity index (χ1n) is 10.4. The van der Waals surface area contributed by atoms with Crippen LogP contribution in [0.4, 0.5) is 0 Å². The summed E-state index contributed by atoms with van der Waals surface area (Å²) in [7, 11) is 0. The summed E-state index contributed by atoms with van der Waals surface area (Å²) >= 11 is 1.65. The molecule has 4 rings (SSSR count). The molecule has 150 valence electrons. The van der Waals surface area contributed by atoms with Gasteiger partial charge in [-0.25, -0.2) is 0 Å². The molecule has 0 bridgehead atoms. The third-order valence-corrected chi connectivity index (χ3v) is 6.45.